The normalized spacial score (nSPS) is 26.1. The average Bonchev–Trinajstić information content (AvgIpc) is 2.45. The maximum absolute atomic E-state index is 7.92. The van der Waals surface area contributed by atoms with Crippen LogP contribution in [0.1, 0.15) is 86.0 Å². The molecule has 0 amide bonds. The second-order valence-corrected chi connectivity index (χ2v) is 6.95. The SMILES string of the molecule is CC/C(C(C)=N)=C(/C)C1CCC(CCC(C)CC)CC1. The first-order chi connectivity index (χ1) is 9.49. The number of hydrogen-bond donors (Lipinski definition) is 1. The van der Waals surface area contributed by atoms with Crippen molar-refractivity contribution in [2.75, 3.05) is 0 Å². The molecule has 1 atom stereocenters. The largest absolute Gasteiger partial charge is 0.305 e. The quantitative estimate of drug-likeness (QED) is 0.522. The molecule has 0 heterocycles. The lowest BCUT2D eigenvalue weighted by Crippen LogP contribution is -2.18. The van der Waals surface area contributed by atoms with Crippen molar-refractivity contribution in [1.82, 2.24) is 0 Å². The Balaban J connectivity index is 2.47. The summed E-state index contributed by atoms with van der Waals surface area (Å²) in [6, 6.07) is 0. The van der Waals surface area contributed by atoms with Crippen molar-refractivity contribution in [3.8, 4) is 0 Å². The molecule has 0 aliphatic heterocycles. The van der Waals surface area contributed by atoms with Gasteiger partial charge in [-0.2, -0.15) is 0 Å². The molecule has 0 spiro atoms. The fourth-order valence-electron chi connectivity index (χ4n) is 3.69. The molecule has 116 valence electrons. The van der Waals surface area contributed by atoms with E-state index in [4.69, 9.17) is 5.41 Å². The summed E-state index contributed by atoms with van der Waals surface area (Å²) >= 11 is 0. The Hall–Kier alpha value is -0.590. The minimum atomic E-state index is 0.755. The van der Waals surface area contributed by atoms with Crippen molar-refractivity contribution in [2.24, 2.45) is 17.8 Å². The molecule has 1 aliphatic carbocycles. The van der Waals surface area contributed by atoms with Gasteiger partial charge in [0.05, 0.1) is 0 Å². The predicted octanol–water partition coefficient (Wildman–Crippen LogP) is 6.39. The third-order valence-corrected chi connectivity index (χ3v) is 5.51. The molecule has 0 aromatic heterocycles. The Bertz CT molecular complexity index is 332. The maximum atomic E-state index is 7.92. The van der Waals surface area contributed by atoms with Crippen LogP contribution in [0.4, 0.5) is 0 Å². The van der Waals surface area contributed by atoms with Gasteiger partial charge in [0, 0.05) is 5.71 Å². The van der Waals surface area contributed by atoms with Crippen molar-refractivity contribution in [3.63, 3.8) is 0 Å². The molecule has 0 radical (unpaired) electrons. The van der Waals surface area contributed by atoms with Crippen molar-refractivity contribution >= 4 is 5.71 Å². The van der Waals surface area contributed by atoms with Gasteiger partial charge in [0.2, 0.25) is 0 Å². The van der Waals surface area contributed by atoms with Gasteiger partial charge in [0.1, 0.15) is 0 Å². The fourth-order valence-corrected chi connectivity index (χ4v) is 3.69. The van der Waals surface area contributed by atoms with Crippen LogP contribution in [0, 0.1) is 23.2 Å². The smallest absolute Gasteiger partial charge is 0.0314 e. The molecule has 20 heavy (non-hydrogen) atoms. The molecule has 1 heteroatoms. The maximum Gasteiger partial charge on any atom is 0.0314 e. The highest BCUT2D eigenvalue weighted by Crippen LogP contribution is 2.37. The van der Waals surface area contributed by atoms with Crippen LogP contribution >= 0.6 is 0 Å². The van der Waals surface area contributed by atoms with Crippen molar-refractivity contribution in [1.29, 1.82) is 5.41 Å². The van der Waals surface area contributed by atoms with Crippen LogP contribution < -0.4 is 0 Å². The minimum absolute atomic E-state index is 0.755. The van der Waals surface area contributed by atoms with E-state index in [0.717, 1.165) is 29.9 Å². The standard InChI is InChI=1S/C19H35N/c1-6-14(3)8-9-17-10-12-18(13-11-17)15(4)19(7-2)16(5)20/h14,17-18,20H,6-13H2,1-5H3/b19-15+,20-16?. The van der Waals surface area contributed by atoms with E-state index in [0.29, 0.717) is 0 Å². The topological polar surface area (TPSA) is 23.9 Å². The second kappa shape index (κ2) is 8.64. The van der Waals surface area contributed by atoms with Gasteiger partial charge < -0.3 is 5.41 Å². The Morgan fingerprint density at radius 2 is 1.70 bits per heavy atom. The summed E-state index contributed by atoms with van der Waals surface area (Å²) in [6.45, 7) is 11.1. The predicted molar refractivity (Wildman–Crippen MR) is 90.5 cm³/mol. The molecule has 1 aliphatic rings. The van der Waals surface area contributed by atoms with Gasteiger partial charge >= 0.3 is 0 Å². The molecule has 1 nitrogen and oxygen atoms in total. The van der Waals surface area contributed by atoms with Crippen LogP contribution in [0.25, 0.3) is 0 Å². The zero-order valence-corrected chi connectivity index (χ0v) is 14.4. The van der Waals surface area contributed by atoms with Gasteiger partial charge in [-0.3, -0.25) is 0 Å². The zero-order chi connectivity index (χ0) is 15.1. The third-order valence-electron chi connectivity index (χ3n) is 5.51. The first kappa shape index (κ1) is 17.5. The van der Waals surface area contributed by atoms with Crippen LogP contribution in [0.2, 0.25) is 0 Å². The van der Waals surface area contributed by atoms with E-state index in [1.807, 2.05) is 6.92 Å². The Morgan fingerprint density at radius 3 is 2.15 bits per heavy atom. The van der Waals surface area contributed by atoms with Gasteiger partial charge in [0.15, 0.2) is 0 Å². The van der Waals surface area contributed by atoms with Crippen LogP contribution in [-0.2, 0) is 0 Å². The highest BCUT2D eigenvalue weighted by atomic mass is 14.4. The summed E-state index contributed by atoms with van der Waals surface area (Å²) in [7, 11) is 0. The number of nitrogens with one attached hydrogen (secondary N) is 1. The lowest BCUT2D eigenvalue weighted by atomic mass is 9.75. The van der Waals surface area contributed by atoms with E-state index < -0.39 is 0 Å². The number of rotatable bonds is 7. The Morgan fingerprint density at radius 1 is 1.10 bits per heavy atom. The van der Waals surface area contributed by atoms with Crippen LogP contribution in [0.3, 0.4) is 0 Å². The van der Waals surface area contributed by atoms with Crippen LogP contribution in [0.5, 0.6) is 0 Å². The monoisotopic (exact) mass is 277 g/mol. The average molecular weight is 277 g/mol. The van der Waals surface area contributed by atoms with E-state index in [9.17, 15) is 0 Å². The summed E-state index contributed by atoms with van der Waals surface area (Å²) in [4.78, 5) is 0. The lowest BCUT2D eigenvalue weighted by Gasteiger charge is -2.31. The molecular formula is C19H35N. The fraction of sp³-hybridized carbons (Fsp3) is 0.842. The zero-order valence-electron chi connectivity index (χ0n) is 14.4. The first-order valence-electron chi connectivity index (χ1n) is 8.74. The van der Waals surface area contributed by atoms with Gasteiger partial charge in [-0.1, -0.05) is 45.6 Å². The molecule has 0 saturated heterocycles. The molecule has 0 aromatic rings. The lowest BCUT2D eigenvalue weighted by molar-refractivity contribution is 0.270. The van der Waals surface area contributed by atoms with Gasteiger partial charge in [-0.15, -0.1) is 0 Å². The molecule has 1 N–H and O–H groups in total. The van der Waals surface area contributed by atoms with E-state index >= 15 is 0 Å². The number of hydrogen-bond acceptors (Lipinski definition) is 1. The van der Waals surface area contributed by atoms with E-state index in [1.54, 1.807) is 0 Å². The van der Waals surface area contributed by atoms with Crippen LogP contribution in [0.15, 0.2) is 11.1 Å². The molecule has 0 bridgehead atoms. The highest BCUT2D eigenvalue weighted by molar-refractivity contribution is 5.96. The Labute approximate surface area is 126 Å². The Kier molecular flexibility index (Phi) is 7.55. The molecule has 1 saturated carbocycles. The third kappa shape index (κ3) is 5.07. The first-order valence-corrected chi connectivity index (χ1v) is 8.74. The summed E-state index contributed by atoms with van der Waals surface area (Å²) in [5.74, 6) is 2.63. The molecule has 0 aromatic carbocycles. The van der Waals surface area contributed by atoms with E-state index in [2.05, 4.69) is 27.7 Å². The van der Waals surface area contributed by atoms with Crippen molar-refractivity contribution in [3.05, 3.63) is 11.1 Å². The van der Waals surface area contributed by atoms with Gasteiger partial charge in [0.25, 0.3) is 0 Å². The molecular weight excluding hydrogens is 242 g/mol. The molecule has 1 rings (SSSR count). The van der Waals surface area contributed by atoms with Crippen molar-refractivity contribution in [2.45, 2.75) is 86.0 Å². The highest BCUT2D eigenvalue weighted by Gasteiger charge is 2.23. The van der Waals surface area contributed by atoms with Gasteiger partial charge in [-0.05, 0) is 69.3 Å². The second-order valence-electron chi connectivity index (χ2n) is 6.95. The summed E-state index contributed by atoms with van der Waals surface area (Å²) < 4.78 is 0. The summed E-state index contributed by atoms with van der Waals surface area (Å²) in [6.07, 6.45) is 10.7. The summed E-state index contributed by atoms with van der Waals surface area (Å²) in [5, 5.41) is 7.92. The minimum Gasteiger partial charge on any atom is -0.305 e. The molecule has 1 unspecified atom stereocenters. The number of allylic oxidation sites excluding steroid dienone is 2. The van der Waals surface area contributed by atoms with Gasteiger partial charge in [-0.25, -0.2) is 0 Å². The van der Waals surface area contributed by atoms with E-state index in [-0.39, 0.29) is 0 Å². The molecule has 1 fully saturated rings. The van der Waals surface area contributed by atoms with Crippen molar-refractivity contribution < 1.29 is 0 Å². The van der Waals surface area contributed by atoms with Crippen LogP contribution in [-0.4, -0.2) is 5.71 Å². The van der Waals surface area contributed by atoms with E-state index in [1.165, 1.54) is 56.1 Å². The summed E-state index contributed by atoms with van der Waals surface area (Å²) in [5.41, 5.74) is 3.61.